The van der Waals surface area contributed by atoms with Gasteiger partial charge in [0.1, 0.15) is 6.04 Å². The molecular formula is C13H23N3O4. The molecule has 2 atom stereocenters. The van der Waals surface area contributed by atoms with E-state index in [4.69, 9.17) is 5.73 Å². The average Bonchev–Trinajstić information content (AvgIpc) is 2.68. The predicted molar refractivity (Wildman–Crippen MR) is 72.9 cm³/mol. The molecule has 4 N–H and O–H groups in total. The number of likely N-dealkylation sites (tertiary alicyclic amines) is 1. The van der Waals surface area contributed by atoms with E-state index in [2.05, 4.69) is 5.32 Å². The van der Waals surface area contributed by atoms with Gasteiger partial charge in [-0.25, -0.2) is 9.59 Å². The first-order chi connectivity index (χ1) is 8.97. The molecule has 0 bridgehead atoms. The third kappa shape index (κ3) is 3.40. The third-order valence-corrected chi connectivity index (χ3v) is 3.74. The molecule has 0 aromatic rings. The van der Waals surface area contributed by atoms with Crippen molar-refractivity contribution in [2.24, 2.45) is 16.6 Å². The Morgan fingerprint density at radius 1 is 1.35 bits per heavy atom. The second-order valence-corrected chi connectivity index (χ2v) is 6.68. The van der Waals surface area contributed by atoms with Gasteiger partial charge in [0.05, 0.1) is 5.41 Å². The summed E-state index contributed by atoms with van der Waals surface area (Å²) in [5.74, 6) is -1.53. The Morgan fingerprint density at radius 2 is 1.90 bits per heavy atom. The van der Waals surface area contributed by atoms with Crippen LogP contribution in [0.3, 0.4) is 0 Å². The fraction of sp³-hybridized carbons (Fsp3) is 0.769. The zero-order valence-corrected chi connectivity index (χ0v) is 12.4. The number of nitrogens with one attached hydrogen (secondary N) is 1. The summed E-state index contributed by atoms with van der Waals surface area (Å²) in [7, 11) is 0. The zero-order valence-electron chi connectivity index (χ0n) is 12.4. The predicted octanol–water partition coefficient (Wildman–Crippen LogP) is 0.393. The number of hydrogen-bond acceptors (Lipinski definition) is 3. The molecule has 1 rings (SSSR count). The highest BCUT2D eigenvalue weighted by atomic mass is 16.4. The van der Waals surface area contributed by atoms with Crippen LogP contribution in [-0.2, 0) is 9.59 Å². The van der Waals surface area contributed by atoms with Gasteiger partial charge >= 0.3 is 12.0 Å². The van der Waals surface area contributed by atoms with Gasteiger partial charge in [-0.3, -0.25) is 4.79 Å². The number of hydrogen-bond donors (Lipinski definition) is 3. The number of carbonyl (C=O) groups is 3. The summed E-state index contributed by atoms with van der Waals surface area (Å²) >= 11 is 0. The maximum atomic E-state index is 12.1. The average molecular weight is 285 g/mol. The Kier molecular flexibility index (Phi) is 4.31. The molecule has 1 unspecified atom stereocenters. The normalized spacial score (nSPS) is 24.3. The van der Waals surface area contributed by atoms with E-state index >= 15 is 0 Å². The van der Waals surface area contributed by atoms with Crippen molar-refractivity contribution in [1.82, 2.24) is 10.2 Å². The molecule has 1 saturated heterocycles. The molecule has 1 aliphatic heterocycles. The lowest BCUT2D eigenvalue weighted by molar-refractivity contribution is -0.142. The molecule has 0 spiro atoms. The minimum atomic E-state index is -1.08. The van der Waals surface area contributed by atoms with Gasteiger partial charge in [0.2, 0.25) is 5.91 Å². The van der Waals surface area contributed by atoms with Crippen LogP contribution in [0.25, 0.3) is 0 Å². The van der Waals surface area contributed by atoms with Gasteiger partial charge in [0.15, 0.2) is 0 Å². The molecular weight excluding hydrogens is 262 g/mol. The summed E-state index contributed by atoms with van der Waals surface area (Å²) in [6, 6.07) is -1.47. The molecule has 20 heavy (non-hydrogen) atoms. The summed E-state index contributed by atoms with van der Waals surface area (Å²) in [6.45, 7) is 7.53. The smallest absolute Gasteiger partial charge is 0.326 e. The quantitative estimate of drug-likeness (QED) is 0.696. The first kappa shape index (κ1) is 16.3. The molecule has 114 valence electrons. The van der Waals surface area contributed by atoms with Crippen LogP contribution in [0, 0.1) is 10.8 Å². The van der Waals surface area contributed by atoms with E-state index in [-0.39, 0.29) is 6.54 Å². The molecule has 1 heterocycles. The van der Waals surface area contributed by atoms with E-state index in [1.165, 1.54) is 4.90 Å². The second kappa shape index (κ2) is 5.30. The molecule has 0 aromatic carbocycles. The lowest BCUT2D eigenvalue weighted by Gasteiger charge is -2.30. The molecule has 7 nitrogen and oxygen atoms in total. The zero-order chi connectivity index (χ0) is 15.7. The first-order valence-electron chi connectivity index (χ1n) is 6.55. The Balaban J connectivity index is 2.73. The highest BCUT2D eigenvalue weighted by Gasteiger charge is 2.42. The highest BCUT2D eigenvalue weighted by molar-refractivity contribution is 5.85. The number of carboxylic acids is 1. The van der Waals surface area contributed by atoms with E-state index < -0.39 is 34.8 Å². The maximum Gasteiger partial charge on any atom is 0.326 e. The van der Waals surface area contributed by atoms with Crippen molar-refractivity contribution in [3.63, 3.8) is 0 Å². The third-order valence-electron chi connectivity index (χ3n) is 3.74. The maximum absolute atomic E-state index is 12.1. The molecule has 7 heteroatoms. The topological polar surface area (TPSA) is 113 Å². The van der Waals surface area contributed by atoms with Crippen LogP contribution < -0.4 is 11.1 Å². The number of amides is 3. The number of urea groups is 1. The Bertz CT molecular complexity index is 430. The SMILES string of the molecule is CC1(C(N)=O)CCN(C(=O)N[C@@H](C(=O)O)C(C)(C)C)C1. The van der Waals surface area contributed by atoms with Gasteiger partial charge in [0.25, 0.3) is 0 Å². The molecule has 1 fully saturated rings. The summed E-state index contributed by atoms with van der Waals surface area (Å²) in [6.07, 6.45) is 0.489. The largest absolute Gasteiger partial charge is 0.480 e. The molecule has 0 radical (unpaired) electrons. The summed E-state index contributed by atoms with van der Waals surface area (Å²) in [4.78, 5) is 36.1. The number of nitrogens with two attached hydrogens (primary N) is 1. The Morgan fingerprint density at radius 3 is 2.25 bits per heavy atom. The number of primary amides is 1. The van der Waals surface area contributed by atoms with E-state index in [9.17, 15) is 19.5 Å². The number of carbonyl (C=O) groups excluding carboxylic acids is 2. The lowest BCUT2D eigenvalue weighted by atomic mass is 9.87. The van der Waals surface area contributed by atoms with Gasteiger partial charge in [-0.05, 0) is 18.8 Å². The number of rotatable bonds is 3. The number of nitrogens with zero attached hydrogens (tertiary/aromatic N) is 1. The summed E-state index contributed by atoms with van der Waals surface area (Å²) in [5, 5.41) is 11.7. The van der Waals surface area contributed by atoms with Gasteiger partial charge in [0, 0.05) is 13.1 Å². The monoisotopic (exact) mass is 285 g/mol. The van der Waals surface area contributed by atoms with Crippen molar-refractivity contribution in [2.75, 3.05) is 13.1 Å². The Hall–Kier alpha value is -1.79. The van der Waals surface area contributed by atoms with Crippen LogP contribution in [0.5, 0.6) is 0 Å². The van der Waals surface area contributed by atoms with Crippen molar-refractivity contribution in [2.45, 2.75) is 40.2 Å². The van der Waals surface area contributed by atoms with Gasteiger partial charge in [-0.2, -0.15) is 0 Å². The molecule has 1 aliphatic rings. The van der Waals surface area contributed by atoms with Crippen LogP contribution in [0.1, 0.15) is 34.1 Å². The fourth-order valence-electron chi connectivity index (χ4n) is 2.20. The van der Waals surface area contributed by atoms with E-state index in [0.29, 0.717) is 13.0 Å². The van der Waals surface area contributed by atoms with Crippen LogP contribution in [0.4, 0.5) is 4.79 Å². The van der Waals surface area contributed by atoms with Crippen molar-refractivity contribution < 1.29 is 19.5 Å². The minimum Gasteiger partial charge on any atom is -0.480 e. The first-order valence-corrected chi connectivity index (χ1v) is 6.55. The van der Waals surface area contributed by atoms with Crippen LogP contribution in [0.15, 0.2) is 0 Å². The van der Waals surface area contributed by atoms with Crippen molar-refractivity contribution in [1.29, 1.82) is 0 Å². The number of carboxylic acid groups (broad SMARTS) is 1. The van der Waals surface area contributed by atoms with Crippen LogP contribution in [0.2, 0.25) is 0 Å². The highest BCUT2D eigenvalue weighted by Crippen LogP contribution is 2.29. The lowest BCUT2D eigenvalue weighted by Crippen LogP contribution is -2.53. The standard InChI is InChI=1S/C13H23N3O4/c1-12(2,3)8(9(17)18)15-11(20)16-6-5-13(4,7-16)10(14)19/h8H,5-7H2,1-4H3,(H2,14,19)(H,15,20)(H,17,18)/t8-,13?/m0/s1. The van der Waals surface area contributed by atoms with Crippen molar-refractivity contribution >= 4 is 17.9 Å². The van der Waals surface area contributed by atoms with E-state index in [0.717, 1.165) is 0 Å². The Labute approximate surface area is 118 Å². The summed E-state index contributed by atoms with van der Waals surface area (Å²) < 4.78 is 0. The van der Waals surface area contributed by atoms with Crippen molar-refractivity contribution in [3.05, 3.63) is 0 Å². The minimum absolute atomic E-state index is 0.213. The van der Waals surface area contributed by atoms with Gasteiger partial charge < -0.3 is 21.1 Å². The fourth-order valence-corrected chi connectivity index (χ4v) is 2.20. The molecule has 0 saturated carbocycles. The van der Waals surface area contributed by atoms with Crippen LogP contribution in [-0.4, -0.2) is 47.0 Å². The van der Waals surface area contributed by atoms with E-state index in [1.54, 1.807) is 27.7 Å². The van der Waals surface area contributed by atoms with Crippen LogP contribution >= 0.6 is 0 Å². The van der Waals surface area contributed by atoms with Gasteiger partial charge in [-0.15, -0.1) is 0 Å². The van der Waals surface area contributed by atoms with Gasteiger partial charge in [-0.1, -0.05) is 20.8 Å². The van der Waals surface area contributed by atoms with Crippen molar-refractivity contribution in [3.8, 4) is 0 Å². The number of aliphatic carboxylic acids is 1. The molecule has 0 aliphatic carbocycles. The second-order valence-electron chi connectivity index (χ2n) is 6.68. The summed E-state index contributed by atoms with van der Waals surface area (Å²) in [5.41, 5.74) is 3.98. The molecule has 0 aromatic heterocycles. The van der Waals surface area contributed by atoms with E-state index in [1.807, 2.05) is 0 Å². The molecule has 3 amide bonds.